The van der Waals surface area contributed by atoms with Crippen molar-refractivity contribution < 1.29 is 4.74 Å². The average Bonchev–Trinajstić information content (AvgIpc) is 3.09. The number of benzene rings is 2. The predicted molar refractivity (Wildman–Crippen MR) is 131 cm³/mol. The van der Waals surface area contributed by atoms with E-state index >= 15 is 0 Å². The van der Waals surface area contributed by atoms with Gasteiger partial charge in [-0.25, -0.2) is 0 Å². The third-order valence-electron chi connectivity index (χ3n) is 7.74. The van der Waals surface area contributed by atoms with Crippen LogP contribution in [0.4, 0.5) is 0 Å². The van der Waals surface area contributed by atoms with Gasteiger partial charge in [-0.2, -0.15) is 0 Å². The van der Waals surface area contributed by atoms with E-state index in [1.807, 2.05) is 13.0 Å². The highest BCUT2D eigenvalue weighted by Gasteiger charge is 2.50. The van der Waals surface area contributed by atoms with Crippen molar-refractivity contribution in [2.45, 2.75) is 51.0 Å². The van der Waals surface area contributed by atoms with Crippen molar-refractivity contribution in [3.8, 4) is 17.0 Å². The van der Waals surface area contributed by atoms with Crippen LogP contribution in [0.1, 0.15) is 51.0 Å². The lowest BCUT2D eigenvalue weighted by Gasteiger charge is -2.55. The zero-order chi connectivity index (χ0) is 21.0. The molecule has 3 nitrogen and oxygen atoms in total. The lowest BCUT2D eigenvalue weighted by atomic mass is 9.53. The number of fused-ring (bicyclic) bond motifs is 1. The van der Waals surface area contributed by atoms with Gasteiger partial charge >= 0.3 is 0 Å². The third kappa shape index (κ3) is 3.44. The van der Waals surface area contributed by atoms with Crippen LogP contribution in [0.2, 0.25) is 0 Å². The van der Waals surface area contributed by atoms with Crippen LogP contribution in [-0.2, 0) is 0 Å². The number of rotatable bonds is 5. The molecule has 4 saturated carbocycles. The molecule has 0 amide bonds. The Labute approximate surface area is 192 Å². The monoisotopic (exact) mass is 476 g/mol. The maximum atomic E-state index is 5.82. The fourth-order valence-corrected chi connectivity index (χ4v) is 7.37. The maximum absolute atomic E-state index is 5.82. The lowest BCUT2D eigenvalue weighted by molar-refractivity contribution is 0.00195. The van der Waals surface area contributed by atoms with Crippen LogP contribution >= 0.6 is 15.9 Å². The molecule has 2 aromatic carbocycles. The SMILES string of the molecule is CCOc1ccc2[nH]c(-c3ccccc3Br)c(C=NC34CC5CC(CC(C5)C3)C4)c2c1. The fraction of sp³-hybridized carbons (Fsp3) is 0.444. The van der Waals surface area contributed by atoms with Crippen molar-refractivity contribution in [2.75, 3.05) is 6.61 Å². The van der Waals surface area contributed by atoms with Crippen molar-refractivity contribution in [2.24, 2.45) is 22.7 Å². The van der Waals surface area contributed by atoms with Gasteiger partial charge in [-0.3, -0.25) is 4.99 Å². The number of halogens is 1. The summed E-state index contributed by atoms with van der Waals surface area (Å²) in [6.07, 6.45) is 10.4. The second-order valence-electron chi connectivity index (χ2n) is 9.93. The molecule has 0 radical (unpaired) electrons. The van der Waals surface area contributed by atoms with Gasteiger partial charge in [0.05, 0.1) is 17.8 Å². The molecule has 0 aliphatic heterocycles. The van der Waals surface area contributed by atoms with E-state index in [2.05, 4.69) is 63.5 Å². The summed E-state index contributed by atoms with van der Waals surface area (Å²) in [5.41, 5.74) is 4.77. The maximum Gasteiger partial charge on any atom is 0.120 e. The predicted octanol–water partition coefficient (Wildman–Crippen LogP) is 7.38. The topological polar surface area (TPSA) is 37.4 Å². The largest absolute Gasteiger partial charge is 0.494 e. The Morgan fingerprint density at radius 3 is 2.45 bits per heavy atom. The summed E-state index contributed by atoms with van der Waals surface area (Å²) in [5, 5.41) is 1.19. The van der Waals surface area contributed by atoms with Crippen LogP contribution in [-0.4, -0.2) is 23.3 Å². The van der Waals surface area contributed by atoms with Crippen LogP contribution in [0.3, 0.4) is 0 Å². The summed E-state index contributed by atoms with van der Waals surface area (Å²) in [4.78, 5) is 9.07. The molecule has 4 bridgehead atoms. The molecule has 31 heavy (non-hydrogen) atoms. The molecule has 0 unspecified atom stereocenters. The van der Waals surface area contributed by atoms with E-state index in [0.717, 1.165) is 39.2 Å². The molecule has 4 aliphatic carbocycles. The zero-order valence-corrected chi connectivity index (χ0v) is 19.6. The van der Waals surface area contributed by atoms with Crippen molar-refractivity contribution in [1.29, 1.82) is 0 Å². The Morgan fingerprint density at radius 1 is 1.06 bits per heavy atom. The zero-order valence-electron chi connectivity index (χ0n) is 18.0. The lowest BCUT2D eigenvalue weighted by Crippen LogP contribution is -2.49. The standard InChI is InChI=1S/C27H29BrN2O/c1-2-31-20-7-8-25-22(12-20)23(26(30-25)21-5-3-4-6-24(21)28)16-29-27-13-17-9-18(14-27)11-19(10-17)15-27/h3-8,12,16-19,30H,2,9-11,13-15H2,1H3. The Morgan fingerprint density at radius 2 is 1.77 bits per heavy atom. The van der Waals surface area contributed by atoms with Crippen molar-refractivity contribution in [3.05, 3.63) is 52.5 Å². The molecule has 4 aliphatic rings. The first-order valence-corrected chi connectivity index (χ1v) is 12.5. The molecular formula is C27H29BrN2O. The highest BCUT2D eigenvalue weighted by atomic mass is 79.9. The van der Waals surface area contributed by atoms with E-state index < -0.39 is 0 Å². The number of nitrogens with zero attached hydrogens (tertiary/aromatic N) is 1. The van der Waals surface area contributed by atoms with Crippen molar-refractivity contribution in [1.82, 2.24) is 4.98 Å². The van der Waals surface area contributed by atoms with Gasteiger partial charge in [-0.15, -0.1) is 0 Å². The molecule has 3 aromatic rings. The van der Waals surface area contributed by atoms with E-state index in [0.29, 0.717) is 6.61 Å². The number of H-pyrrole nitrogens is 1. The Hall–Kier alpha value is -2.07. The highest BCUT2D eigenvalue weighted by molar-refractivity contribution is 9.10. The molecule has 1 N–H and O–H groups in total. The first-order valence-electron chi connectivity index (χ1n) is 11.7. The number of aromatic nitrogens is 1. The molecule has 7 rings (SSSR count). The van der Waals surface area contributed by atoms with E-state index in [1.54, 1.807) is 0 Å². The summed E-state index contributed by atoms with van der Waals surface area (Å²) in [6.45, 7) is 2.70. The van der Waals surface area contributed by atoms with E-state index in [-0.39, 0.29) is 5.54 Å². The summed E-state index contributed by atoms with van der Waals surface area (Å²) in [7, 11) is 0. The van der Waals surface area contributed by atoms with E-state index in [1.165, 1.54) is 55.0 Å². The summed E-state index contributed by atoms with van der Waals surface area (Å²) in [5.74, 6) is 3.62. The summed E-state index contributed by atoms with van der Waals surface area (Å²) in [6, 6.07) is 14.8. The smallest absolute Gasteiger partial charge is 0.120 e. The molecule has 160 valence electrons. The number of nitrogens with one attached hydrogen (secondary N) is 1. The quantitative estimate of drug-likeness (QED) is 0.383. The van der Waals surface area contributed by atoms with E-state index in [4.69, 9.17) is 9.73 Å². The Balaban J connectivity index is 1.47. The minimum Gasteiger partial charge on any atom is -0.494 e. The van der Waals surface area contributed by atoms with Crippen molar-refractivity contribution in [3.63, 3.8) is 0 Å². The molecule has 0 spiro atoms. The minimum atomic E-state index is 0.168. The molecule has 4 fully saturated rings. The fourth-order valence-electron chi connectivity index (χ4n) is 6.88. The van der Waals surface area contributed by atoms with Crippen LogP contribution in [0.5, 0.6) is 5.75 Å². The number of hydrogen-bond donors (Lipinski definition) is 1. The number of aliphatic imine (C=N–C) groups is 1. The Bertz CT molecular complexity index is 1130. The molecule has 0 saturated heterocycles. The Kier molecular flexibility index (Phi) is 4.75. The normalized spacial score (nSPS) is 29.3. The van der Waals surface area contributed by atoms with Crippen LogP contribution in [0.15, 0.2) is 51.9 Å². The number of hydrogen-bond acceptors (Lipinski definition) is 2. The molecule has 1 heterocycles. The highest BCUT2D eigenvalue weighted by Crippen LogP contribution is 2.57. The first kappa shape index (κ1) is 19.6. The van der Waals surface area contributed by atoms with Crippen molar-refractivity contribution >= 4 is 33.0 Å². The molecule has 0 atom stereocenters. The van der Waals surface area contributed by atoms with Gasteiger partial charge in [0.15, 0.2) is 0 Å². The van der Waals surface area contributed by atoms with Gasteiger partial charge < -0.3 is 9.72 Å². The second-order valence-corrected chi connectivity index (χ2v) is 10.8. The van der Waals surface area contributed by atoms with Gasteiger partial charge in [-0.1, -0.05) is 34.1 Å². The average molecular weight is 477 g/mol. The van der Waals surface area contributed by atoms with Gasteiger partial charge in [0.2, 0.25) is 0 Å². The number of ether oxygens (including phenoxy) is 1. The molecule has 4 heteroatoms. The van der Waals surface area contributed by atoms with Crippen LogP contribution in [0, 0.1) is 17.8 Å². The van der Waals surface area contributed by atoms with Crippen LogP contribution in [0.25, 0.3) is 22.2 Å². The van der Waals surface area contributed by atoms with Gasteiger partial charge in [0, 0.05) is 32.7 Å². The van der Waals surface area contributed by atoms with Crippen LogP contribution < -0.4 is 4.74 Å². The minimum absolute atomic E-state index is 0.168. The molecule has 1 aromatic heterocycles. The van der Waals surface area contributed by atoms with Gasteiger partial charge in [-0.05, 0) is 87.5 Å². The van der Waals surface area contributed by atoms with Gasteiger partial charge in [0.25, 0.3) is 0 Å². The summed E-state index contributed by atoms with van der Waals surface area (Å²) >= 11 is 3.76. The second kappa shape index (κ2) is 7.51. The van der Waals surface area contributed by atoms with Gasteiger partial charge in [0.1, 0.15) is 5.75 Å². The third-order valence-corrected chi connectivity index (χ3v) is 8.43. The number of aromatic amines is 1. The first-order chi connectivity index (χ1) is 15.1. The van der Waals surface area contributed by atoms with E-state index in [9.17, 15) is 0 Å². The molecular weight excluding hydrogens is 448 g/mol. The summed E-state index contributed by atoms with van der Waals surface area (Å²) < 4.78 is 6.91.